The molecule has 3 atom stereocenters. The lowest BCUT2D eigenvalue weighted by Crippen LogP contribution is -2.31. The molecule has 0 fully saturated rings. The van der Waals surface area contributed by atoms with Crippen LogP contribution in [0.1, 0.15) is 40.6 Å². The molecule has 1 aliphatic heterocycles. The Morgan fingerprint density at radius 3 is 2.29 bits per heavy atom. The first-order valence-electron chi connectivity index (χ1n) is 11.4. The number of sulfonamides is 1. The lowest BCUT2D eigenvalue weighted by Gasteiger charge is -2.38. The minimum Gasteiger partial charge on any atom is -0.378 e. The molecule has 4 nitrogen and oxygen atoms in total. The van der Waals surface area contributed by atoms with Gasteiger partial charge in [0.2, 0.25) is 0 Å². The molecular weight excluding hydrogens is 554 g/mol. The van der Waals surface area contributed by atoms with E-state index in [2.05, 4.69) is 10.0 Å². The molecule has 5 rings (SSSR count). The number of hydrogen-bond donors (Lipinski definition) is 2. The molecule has 1 aliphatic carbocycles. The van der Waals surface area contributed by atoms with Crippen LogP contribution in [-0.4, -0.2) is 8.42 Å². The average molecular weight is 573 g/mol. The fourth-order valence-electron chi connectivity index (χ4n) is 5.09. The number of rotatable bonds is 4. The first-order chi connectivity index (χ1) is 17.8. The Labute approximate surface area is 219 Å². The Hall–Kier alpha value is -3.18. The predicted octanol–water partition coefficient (Wildman–Crippen LogP) is 8.00. The van der Waals surface area contributed by atoms with Gasteiger partial charge >= 0.3 is 12.4 Å². The van der Waals surface area contributed by atoms with Gasteiger partial charge in [0.05, 0.1) is 27.1 Å². The Morgan fingerprint density at radius 2 is 1.58 bits per heavy atom. The van der Waals surface area contributed by atoms with E-state index >= 15 is 0 Å². The molecule has 2 aliphatic rings. The van der Waals surface area contributed by atoms with E-state index in [9.17, 15) is 34.8 Å². The predicted molar refractivity (Wildman–Crippen MR) is 132 cm³/mol. The summed E-state index contributed by atoms with van der Waals surface area (Å²) in [5, 5.41) is 2.59. The van der Waals surface area contributed by atoms with Gasteiger partial charge in [-0.05, 0) is 65.9 Å². The third kappa shape index (κ3) is 4.84. The largest absolute Gasteiger partial charge is 0.417 e. The lowest BCUT2D eigenvalue weighted by atomic mass is 9.76. The second-order valence-corrected chi connectivity index (χ2v) is 11.2. The van der Waals surface area contributed by atoms with E-state index < -0.39 is 44.6 Å². The summed E-state index contributed by atoms with van der Waals surface area (Å²) < 4.78 is 109. The van der Waals surface area contributed by atoms with Crippen LogP contribution in [0.4, 0.5) is 37.7 Å². The van der Waals surface area contributed by atoms with E-state index in [4.69, 9.17) is 11.6 Å². The van der Waals surface area contributed by atoms with Gasteiger partial charge in [0.25, 0.3) is 10.0 Å². The number of alkyl halides is 6. The smallest absolute Gasteiger partial charge is 0.378 e. The van der Waals surface area contributed by atoms with Gasteiger partial charge in [0, 0.05) is 17.3 Å². The second-order valence-electron chi connectivity index (χ2n) is 9.11. The monoisotopic (exact) mass is 572 g/mol. The maximum absolute atomic E-state index is 13.7. The van der Waals surface area contributed by atoms with Gasteiger partial charge in [0.15, 0.2) is 0 Å². The molecule has 0 unspecified atom stereocenters. The van der Waals surface area contributed by atoms with Crippen molar-refractivity contribution in [1.29, 1.82) is 0 Å². The van der Waals surface area contributed by atoms with Crippen molar-refractivity contribution >= 4 is 33.0 Å². The minimum atomic E-state index is -4.78. The third-order valence-electron chi connectivity index (χ3n) is 6.77. The highest BCUT2D eigenvalue weighted by molar-refractivity contribution is 7.92. The van der Waals surface area contributed by atoms with Gasteiger partial charge < -0.3 is 5.32 Å². The van der Waals surface area contributed by atoms with Crippen molar-refractivity contribution < 1.29 is 34.8 Å². The summed E-state index contributed by atoms with van der Waals surface area (Å²) in [6.07, 6.45) is -5.15. The number of benzene rings is 3. The summed E-state index contributed by atoms with van der Waals surface area (Å²) in [5.41, 5.74) is -1.09. The summed E-state index contributed by atoms with van der Waals surface area (Å²) in [6, 6.07) is 11.5. The molecule has 1 heterocycles. The van der Waals surface area contributed by atoms with Crippen LogP contribution in [0, 0.1) is 5.92 Å². The maximum Gasteiger partial charge on any atom is 0.417 e. The highest BCUT2D eigenvalue weighted by atomic mass is 35.5. The summed E-state index contributed by atoms with van der Waals surface area (Å²) >= 11 is 5.62. The highest BCUT2D eigenvalue weighted by Gasteiger charge is 2.43. The normalized spacial score (nSPS) is 21.0. The van der Waals surface area contributed by atoms with Crippen molar-refractivity contribution in [2.75, 3.05) is 10.0 Å². The van der Waals surface area contributed by atoms with Crippen LogP contribution in [0.2, 0.25) is 5.02 Å². The first-order valence-corrected chi connectivity index (χ1v) is 13.2. The Bertz CT molecular complexity index is 1540. The molecule has 3 aromatic rings. The standard InChI is InChI=1S/C26H19ClF6N2O2S/c27-22-10-8-14(12-21(22)26(31,32)33)35-38(36,37)15-9-11-23-19(13-15)16-5-3-6-17(16)24(34-23)18-4-1-2-7-20(18)25(28,29)30/h1-5,7-13,16-17,24,34-35H,6H2/t16-,17+,24-/m0/s1. The van der Waals surface area contributed by atoms with Crippen molar-refractivity contribution in [3.8, 4) is 0 Å². The van der Waals surface area contributed by atoms with Crippen LogP contribution in [0.5, 0.6) is 0 Å². The van der Waals surface area contributed by atoms with Crippen molar-refractivity contribution in [1.82, 2.24) is 0 Å². The molecule has 3 aromatic carbocycles. The van der Waals surface area contributed by atoms with Crippen LogP contribution in [0.25, 0.3) is 0 Å². The molecule has 0 spiro atoms. The molecule has 12 heteroatoms. The van der Waals surface area contributed by atoms with Crippen LogP contribution >= 0.6 is 11.6 Å². The summed E-state index contributed by atoms with van der Waals surface area (Å²) in [6.45, 7) is 0. The zero-order valence-corrected chi connectivity index (χ0v) is 20.8. The number of fused-ring (bicyclic) bond motifs is 3. The molecule has 0 amide bonds. The second kappa shape index (κ2) is 9.23. The molecule has 0 radical (unpaired) electrons. The third-order valence-corrected chi connectivity index (χ3v) is 8.48. The van der Waals surface area contributed by atoms with Crippen LogP contribution < -0.4 is 10.0 Å². The Balaban J connectivity index is 1.49. The summed E-state index contributed by atoms with van der Waals surface area (Å²) in [5.74, 6) is -0.664. The number of anilines is 2. The fourth-order valence-corrected chi connectivity index (χ4v) is 6.40. The molecule has 0 bridgehead atoms. The number of hydrogen-bond acceptors (Lipinski definition) is 3. The van der Waals surface area contributed by atoms with Gasteiger partial charge in [-0.2, -0.15) is 26.3 Å². The SMILES string of the molecule is O=S(=O)(Nc1ccc(Cl)c(C(F)(F)F)c1)c1ccc2c(c1)[C@H]1C=CC[C@H]1[C@@H](c1ccccc1C(F)(F)F)N2. The molecule has 38 heavy (non-hydrogen) atoms. The van der Waals surface area contributed by atoms with Gasteiger partial charge in [-0.3, -0.25) is 4.72 Å². The molecule has 0 saturated carbocycles. The van der Waals surface area contributed by atoms with Crippen molar-refractivity contribution in [3.05, 3.63) is 100 Å². The fraction of sp³-hybridized carbons (Fsp3) is 0.231. The van der Waals surface area contributed by atoms with E-state index in [1.807, 2.05) is 12.2 Å². The quantitative estimate of drug-likeness (QED) is 0.246. The van der Waals surface area contributed by atoms with Crippen molar-refractivity contribution in [2.45, 2.75) is 35.6 Å². The molecular formula is C26H19ClF6N2O2S. The average Bonchev–Trinajstić information content (AvgIpc) is 3.33. The van der Waals surface area contributed by atoms with Gasteiger partial charge in [0.1, 0.15) is 0 Å². The van der Waals surface area contributed by atoms with E-state index in [0.29, 0.717) is 23.7 Å². The van der Waals surface area contributed by atoms with Crippen LogP contribution in [-0.2, 0) is 22.4 Å². The zero-order valence-electron chi connectivity index (χ0n) is 19.2. The Kier molecular flexibility index (Phi) is 6.42. The number of nitrogens with one attached hydrogen (secondary N) is 2. The van der Waals surface area contributed by atoms with Crippen molar-refractivity contribution in [2.24, 2.45) is 5.92 Å². The first kappa shape index (κ1) is 26.4. The van der Waals surface area contributed by atoms with Crippen molar-refractivity contribution in [3.63, 3.8) is 0 Å². The van der Waals surface area contributed by atoms with Gasteiger partial charge in [-0.15, -0.1) is 0 Å². The van der Waals surface area contributed by atoms with E-state index in [1.165, 1.54) is 30.3 Å². The Morgan fingerprint density at radius 1 is 0.868 bits per heavy atom. The minimum absolute atomic E-state index is 0.103. The maximum atomic E-state index is 13.7. The molecule has 200 valence electrons. The van der Waals surface area contributed by atoms with E-state index in [1.54, 1.807) is 6.07 Å². The highest BCUT2D eigenvalue weighted by Crippen LogP contribution is 2.52. The summed E-state index contributed by atoms with van der Waals surface area (Å²) in [4.78, 5) is -0.199. The van der Waals surface area contributed by atoms with Crippen LogP contribution in [0.15, 0.2) is 77.7 Å². The number of halogens is 7. The molecule has 2 N–H and O–H groups in total. The zero-order chi connectivity index (χ0) is 27.5. The summed E-state index contributed by atoms with van der Waals surface area (Å²) in [7, 11) is -4.30. The molecule has 0 aromatic heterocycles. The van der Waals surface area contributed by atoms with E-state index in [0.717, 1.165) is 18.2 Å². The molecule has 0 saturated heterocycles. The number of allylic oxidation sites excluding steroid dienone is 2. The van der Waals surface area contributed by atoms with Crippen LogP contribution in [0.3, 0.4) is 0 Å². The lowest BCUT2D eigenvalue weighted by molar-refractivity contribution is -0.138. The van der Waals surface area contributed by atoms with Gasteiger partial charge in [-0.25, -0.2) is 8.42 Å². The van der Waals surface area contributed by atoms with Gasteiger partial charge in [-0.1, -0.05) is 42.0 Å². The van der Waals surface area contributed by atoms with E-state index in [-0.39, 0.29) is 28.0 Å². The topological polar surface area (TPSA) is 58.2 Å².